The molecular weight excluding hydrogens is 281 g/mol. The van der Waals surface area contributed by atoms with E-state index in [4.69, 9.17) is 9.47 Å². The predicted octanol–water partition coefficient (Wildman–Crippen LogP) is 4.45. The molecule has 0 heterocycles. The van der Waals surface area contributed by atoms with Gasteiger partial charge in [0.2, 0.25) is 0 Å². The average molecular weight is 296 g/mol. The Labute approximate surface area is 121 Å². The van der Waals surface area contributed by atoms with Gasteiger partial charge in [-0.15, -0.1) is 0 Å². The van der Waals surface area contributed by atoms with Crippen LogP contribution < -0.4 is 4.74 Å². The Morgan fingerprint density at radius 1 is 0.905 bits per heavy atom. The second kappa shape index (κ2) is 6.18. The van der Waals surface area contributed by atoms with Crippen molar-refractivity contribution in [1.82, 2.24) is 0 Å². The van der Waals surface area contributed by atoms with Gasteiger partial charge in [0.05, 0.1) is 12.7 Å². The Morgan fingerprint density at radius 2 is 1.52 bits per heavy atom. The zero-order valence-electron chi connectivity index (χ0n) is 11.6. The summed E-state index contributed by atoms with van der Waals surface area (Å²) in [5, 5.41) is 0. The van der Waals surface area contributed by atoms with E-state index >= 15 is 0 Å². The van der Waals surface area contributed by atoms with Gasteiger partial charge in [0, 0.05) is 12.7 Å². The Balaban J connectivity index is 2.38. The summed E-state index contributed by atoms with van der Waals surface area (Å²) in [5.41, 5.74) is 0.721. The third kappa shape index (κ3) is 3.36. The topological polar surface area (TPSA) is 18.5 Å². The summed E-state index contributed by atoms with van der Waals surface area (Å²) in [6.45, 7) is 0. The maximum Gasteiger partial charge on any atom is 0.416 e. The number of hydrogen-bond acceptors (Lipinski definition) is 2. The van der Waals surface area contributed by atoms with Gasteiger partial charge in [0.25, 0.3) is 0 Å². The SMILES string of the molecule is COc1ccccc1C(OC)c1ccc(C(F)(F)F)cc1. The smallest absolute Gasteiger partial charge is 0.416 e. The number of alkyl halides is 3. The number of halogens is 3. The van der Waals surface area contributed by atoms with Gasteiger partial charge in [-0.05, 0) is 23.8 Å². The molecule has 0 fully saturated rings. The van der Waals surface area contributed by atoms with Gasteiger partial charge in [-0.25, -0.2) is 0 Å². The first kappa shape index (κ1) is 15.4. The minimum Gasteiger partial charge on any atom is -0.496 e. The molecule has 2 aromatic rings. The molecule has 0 aromatic heterocycles. The van der Waals surface area contributed by atoms with Gasteiger partial charge >= 0.3 is 6.18 Å². The fourth-order valence-electron chi connectivity index (χ4n) is 2.17. The van der Waals surface area contributed by atoms with E-state index in [1.54, 1.807) is 6.07 Å². The Kier molecular flexibility index (Phi) is 4.53. The molecule has 2 rings (SSSR count). The quantitative estimate of drug-likeness (QED) is 0.830. The van der Waals surface area contributed by atoms with E-state index in [9.17, 15) is 13.2 Å². The fraction of sp³-hybridized carbons (Fsp3) is 0.250. The summed E-state index contributed by atoms with van der Waals surface area (Å²) in [4.78, 5) is 0. The first-order valence-electron chi connectivity index (χ1n) is 6.30. The van der Waals surface area contributed by atoms with Crippen molar-refractivity contribution in [2.75, 3.05) is 14.2 Å². The van der Waals surface area contributed by atoms with Gasteiger partial charge in [0.15, 0.2) is 0 Å². The molecule has 0 amide bonds. The molecule has 0 saturated carbocycles. The van der Waals surface area contributed by atoms with E-state index < -0.39 is 17.8 Å². The van der Waals surface area contributed by atoms with Crippen molar-refractivity contribution in [3.63, 3.8) is 0 Å². The van der Waals surface area contributed by atoms with Crippen LogP contribution in [-0.4, -0.2) is 14.2 Å². The van der Waals surface area contributed by atoms with Crippen molar-refractivity contribution >= 4 is 0 Å². The van der Waals surface area contributed by atoms with Crippen LogP contribution in [0.25, 0.3) is 0 Å². The van der Waals surface area contributed by atoms with E-state index in [1.165, 1.54) is 26.4 Å². The summed E-state index contributed by atoms with van der Waals surface area (Å²) in [5.74, 6) is 0.629. The largest absolute Gasteiger partial charge is 0.496 e. The predicted molar refractivity (Wildman–Crippen MR) is 73.3 cm³/mol. The molecule has 2 nitrogen and oxygen atoms in total. The lowest BCUT2D eigenvalue weighted by atomic mass is 9.99. The molecule has 0 spiro atoms. The molecule has 0 N–H and O–H groups in total. The van der Waals surface area contributed by atoms with Gasteiger partial charge in [-0.3, -0.25) is 0 Å². The van der Waals surface area contributed by atoms with Gasteiger partial charge in [0.1, 0.15) is 11.9 Å². The summed E-state index contributed by atoms with van der Waals surface area (Å²) >= 11 is 0. The number of ether oxygens (including phenoxy) is 2. The van der Waals surface area contributed by atoms with Crippen molar-refractivity contribution in [2.24, 2.45) is 0 Å². The lowest BCUT2D eigenvalue weighted by Gasteiger charge is -2.19. The molecule has 0 aliphatic heterocycles. The van der Waals surface area contributed by atoms with Crippen LogP contribution in [0.15, 0.2) is 48.5 Å². The van der Waals surface area contributed by atoms with E-state index in [1.807, 2.05) is 18.2 Å². The monoisotopic (exact) mass is 296 g/mol. The molecule has 0 bridgehead atoms. The van der Waals surface area contributed by atoms with Gasteiger partial charge < -0.3 is 9.47 Å². The minimum atomic E-state index is -4.34. The van der Waals surface area contributed by atoms with Crippen LogP contribution in [0.2, 0.25) is 0 Å². The number of benzene rings is 2. The maximum absolute atomic E-state index is 12.6. The lowest BCUT2D eigenvalue weighted by molar-refractivity contribution is -0.137. The Morgan fingerprint density at radius 3 is 2.05 bits per heavy atom. The van der Waals surface area contributed by atoms with Crippen LogP contribution in [0.3, 0.4) is 0 Å². The second-order valence-corrected chi connectivity index (χ2v) is 4.48. The first-order valence-corrected chi connectivity index (χ1v) is 6.30. The number of rotatable bonds is 4. The van der Waals surface area contributed by atoms with Crippen LogP contribution in [0.4, 0.5) is 13.2 Å². The molecule has 5 heteroatoms. The van der Waals surface area contributed by atoms with Gasteiger partial charge in [-0.1, -0.05) is 30.3 Å². The van der Waals surface area contributed by atoms with Crippen LogP contribution in [0.1, 0.15) is 22.8 Å². The van der Waals surface area contributed by atoms with E-state index in [0.29, 0.717) is 11.3 Å². The molecule has 1 unspecified atom stereocenters. The number of methoxy groups -OCH3 is 2. The highest BCUT2D eigenvalue weighted by atomic mass is 19.4. The third-order valence-electron chi connectivity index (χ3n) is 3.20. The normalized spacial score (nSPS) is 13.0. The maximum atomic E-state index is 12.6. The highest BCUT2D eigenvalue weighted by molar-refractivity contribution is 5.41. The van der Waals surface area contributed by atoms with Gasteiger partial charge in [-0.2, -0.15) is 13.2 Å². The Bertz CT molecular complexity index is 591. The summed E-state index contributed by atoms with van der Waals surface area (Å²) in [6, 6.07) is 12.2. The molecule has 1 atom stereocenters. The average Bonchev–Trinajstić information content (AvgIpc) is 2.48. The standard InChI is InChI=1S/C16H15F3O2/c1-20-14-6-4-3-5-13(14)15(21-2)11-7-9-12(10-8-11)16(17,18)19/h3-10,15H,1-2H3. The summed E-state index contributed by atoms with van der Waals surface area (Å²) in [7, 11) is 3.05. The molecule has 21 heavy (non-hydrogen) atoms. The van der Waals surface area contributed by atoms with Crippen molar-refractivity contribution in [2.45, 2.75) is 12.3 Å². The van der Waals surface area contributed by atoms with Crippen LogP contribution in [-0.2, 0) is 10.9 Å². The first-order chi connectivity index (χ1) is 9.97. The van der Waals surface area contributed by atoms with Crippen LogP contribution in [0.5, 0.6) is 5.75 Å². The van der Waals surface area contributed by atoms with E-state index in [2.05, 4.69) is 0 Å². The molecule has 112 valence electrons. The summed E-state index contributed by atoms with van der Waals surface area (Å²) < 4.78 is 48.5. The van der Waals surface area contributed by atoms with E-state index in [0.717, 1.165) is 17.7 Å². The third-order valence-corrected chi connectivity index (χ3v) is 3.20. The van der Waals surface area contributed by atoms with Crippen molar-refractivity contribution < 1.29 is 22.6 Å². The van der Waals surface area contributed by atoms with Crippen LogP contribution >= 0.6 is 0 Å². The van der Waals surface area contributed by atoms with Crippen molar-refractivity contribution in [1.29, 1.82) is 0 Å². The molecule has 0 radical (unpaired) electrons. The fourth-order valence-corrected chi connectivity index (χ4v) is 2.17. The molecule has 0 aliphatic carbocycles. The second-order valence-electron chi connectivity index (χ2n) is 4.48. The zero-order chi connectivity index (χ0) is 15.5. The highest BCUT2D eigenvalue weighted by Gasteiger charge is 2.30. The molecule has 0 saturated heterocycles. The Hall–Kier alpha value is -2.01. The zero-order valence-corrected chi connectivity index (χ0v) is 11.6. The van der Waals surface area contributed by atoms with Crippen molar-refractivity contribution in [3.05, 3.63) is 65.2 Å². The highest BCUT2D eigenvalue weighted by Crippen LogP contribution is 2.34. The molecular formula is C16H15F3O2. The lowest BCUT2D eigenvalue weighted by Crippen LogP contribution is -2.08. The molecule has 2 aromatic carbocycles. The minimum absolute atomic E-state index is 0.483. The number of para-hydroxylation sites is 1. The molecule has 0 aliphatic rings. The van der Waals surface area contributed by atoms with Crippen LogP contribution in [0, 0.1) is 0 Å². The van der Waals surface area contributed by atoms with Crippen molar-refractivity contribution in [3.8, 4) is 5.75 Å². The number of hydrogen-bond donors (Lipinski definition) is 0. The van der Waals surface area contributed by atoms with E-state index in [-0.39, 0.29) is 0 Å². The summed E-state index contributed by atoms with van der Waals surface area (Å²) in [6.07, 6.45) is -4.82.